The Morgan fingerprint density at radius 2 is 1.81 bits per heavy atom. The van der Waals surface area contributed by atoms with E-state index >= 15 is 0 Å². The molecule has 0 heterocycles. The van der Waals surface area contributed by atoms with Gasteiger partial charge in [-0.25, -0.2) is 0 Å². The summed E-state index contributed by atoms with van der Waals surface area (Å²) in [7, 11) is 0. The van der Waals surface area contributed by atoms with Gasteiger partial charge in [-0.3, -0.25) is 4.79 Å². The summed E-state index contributed by atoms with van der Waals surface area (Å²) in [6.07, 6.45) is 0. The fourth-order valence-electron chi connectivity index (χ4n) is 2.20. The maximum Gasteiger partial charge on any atom is 0.223 e. The van der Waals surface area contributed by atoms with Gasteiger partial charge in [0.05, 0.1) is 18.1 Å². The highest BCUT2D eigenvalue weighted by Gasteiger charge is 2.70. The van der Waals surface area contributed by atoms with Crippen molar-refractivity contribution in [3.63, 3.8) is 0 Å². The Balaban J connectivity index is 2.43. The second-order valence-electron chi connectivity index (χ2n) is 3.86. The van der Waals surface area contributed by atoms with E-state index in [0.717, 1.165) is 5.56 Å². The van der Waals surface area contributed by atoms with Crippen LogP contribution < -0.4 is 5.73 Å². The van der Waals surface area contributed by atoms with Gasteiger partial charge in [0, 0.05) is 5.92 Å². The maximum atomic E-state index is 11.2. The molecular weight excluding hydrogens is 202 g/mol. The normalized spacial score (nSPS) is 25.1. The molecule has 1 aromatic rings. The van der Waals surface area contributed by atoms with E-state index in [4.69, 9.17) is 16.3 Å². The van der Waals surface area contributed by atoms with E-state index in [1.807, 2.05) is 30.3 Å². The molecule has 4 heteroatoms. The van der Waals surface area contributed by atoms with E-state index in [1.165, 1.54) is 0 Å². The van der Waals surface area contributed by atoms with Crippen molar-refractivity contribution in [3.8, 4) is 12.1 Å². The largest absolute Gasteiger partial charge is 0.369 e. The number of hydrogen-bond acceptors (Lipinski definition) is 3. The number of carbonyl (C=O) groups is 1. The molecule has 4 nitrogen and oxygen atoms in total. The molecule has 0 aromatic heterocycles. The molecule has 1 amide bonds. The number of primary amides is 1. The second-order valence-corrected chi connectivity index (χ2v) is 3.86. The Morgan fingerprint density at radius 1 is 1.25 bits per heavy atom. The molecular formula is C12H9N3O. The first-order valence-electron chi connectivity index (χ1n) is 4.84. The van der Waals surface area contributed by atoms with Gasteiger partial charge in [-0.05, 0) is 5.56 Å². The summed E-state index contributed by atoms with van der Waals surface area (Å²) < 4.78 is 0. The van der Waals surface area contributed by atoms with E-state index < -0.39 is 17.2 Å². The quantitative estimate of drug-likeness (QED) is 0.788. The predicted octanol–water partition coefficient (Wildman–Crippen LogP) is 0.919. The molecule has 2 rings (SSSR count). The number of benzene rings is 1. The minimum absolute atomic E-state index is 0.388. The Hall–Kier alpha value is -2.33. The molecule has 1 fully saturated rings. The Labute approximate surface area is 92.9 Å². The summed E-state index contributed by atoms with van der Waals surface area (Å²) in [5, 5.41) is 18.1. The molecule has 1 saturated carbocycles. The zero-order valence-electron chi connectivity index (χ0n) is 8.42. The number of hydrogen-bond donors (Lipinski definition) is 1. The standard InChI is InChI=1S/C12H9N3O/c13-6-12(7-14)9(10(12)11(15)16)8-4-2-1-3-5-8/h1-5,9-10H,(H2,15,16)/t9-,10-/m1/s1. The van der Waals surface area contributed by atoms with Gasteiger partial charge in [0.1, 0.15) is 0 Å². The SMILES string of the molecule is N#CC1(C#N)[C@H](c2ccccc2)[C@@H]1C(N)=O. The molecule has 0 bridgehead atoms. The summed E-state index contributed by atoms with van der Waals surface area (Å²) in [5.41, 5.74) is 4.75. The van der Waals surface area contributed by atoms with Gasteiger partial charge < -0.3 is 5.73 Å². The summed E-state index contributed by atoms with van der Waals surface area (Å²) in [6.45, 7) is 0. The third-order valence-electron chi connectivity index (χ3n) is 3.04. The van der Waals surface area contributed by atoms with Crippen LogP contribution in [0.3, 0.4) is 0 Å². The third kappa shape index (κ3) is 1.17. The minimum Gasteiger partial charge on any atom is -0.369 e. The zero-order chi connectivity index (χ0) is 11.8. The number of carbonyl (C=O) groups excluding carboxylic acids is 1. The minimum atomic E-state index is -1.27. The molecule has 1 aliphatic carbocycles. The summed E-state index contributed by atoms with van der Waals surface area (Å²) in [6, 6.07) is 12.9. The topological polar surface area (TPSA) is 90.7 Å². The van der Waals surface area contributed by atoms with Crippen LogP contribution in [0.2, 0.25) is 0 Å². The Kier molecular flexibility index (Phi) is 2.14. The summed E-state index contributed by atoms with van der Waals surface area (Å²) >= 11 is 0. The lowest BCUT2D eigenvalue weighted by molar-refractivity contribution is -0.119. The van der Waals surface area contributed by atoms with E-state index in [2.05, 4.69) is 0 Å². The molecule has 0 radical (unpaired) electrons. The average molecular weight is 211 g/mol. The number of nitrogens with two attached hydrogens (primary N) is 1. The van der Waals surface area contributed by atoms with Crippen LogP contribution in [-0.4, -0.2) is 5.91 Å². The number of rotatable bonds is 2. The zero-order valence-corrected chi connectivity index (χ0v) is 8.42. The number of nitriles is 2. The first-order valence-corrected chi connectivity index (χ1v) is 4.84. The molecule has 0 spiro atoms. The molecule has 0 unspecified atom stereocenters. The summed E-state index contributed by atoms with van der Waals surface area (Å²) in [5.74, 6) is -1.66. The highest BCUT2D eigenvalue weighted by atomic mass is 16.1. The van der Waals surface area contributed by atoms with E-state index in [-0.39, 0.29) is 5.92 Å². The van der Waals surface area contributed by atoms with Crippen LogP contribution >= 0.6 is 0 Å². The van der Waals surface area contributed by atoms with Gasteiger partial charge >= 0.3 is 0 Å². The molecule has 16 heavy (non-hydrogen) atoms. The van der Waals surface area contributed by atoms with Crippen LogP contribution in [0.15, 0.2) is 30.3 Å². The molecule has 78 valence electrons. The van der Waals surface area contributed by atoms with E-state index in [9.17, 15) is 4.79 Å². The molecule has 2 N–H and O–H groups in total. The van der Waals surface area contributed by atoms with Gasteiger partial charge in [-0.15, -0.1) is 0 Å². The number of amides is 1. The molecule has 1 aliphatic rings. The van der Waals surface area contributed by atoms with Crippen molar-refractivity contribution in [2.24, 2.45) is 17.1 Å². The summed E-state index contributed by atoms with van der Waals surface area (Å²) in [4.78, 5) is 11.2. The van der Waals surface area contributed by atoms with Crippen LogP contribution in [-0.2, 0) is 4.79 Å². The van der Waals surface area contributed by atoms with Gasteiger partial charge in [-0.1, -0.05) is 30.3 Å². The first-order chi connectivity index (χ1) is 7.67. The monoisotopic (exact) mass is 211 g/mol. The van der Waals surface area contributed by atoms with Crippen molar-refractivity contribution in [2.75, 3.05) is 0 Å². The van der Waals surface area contributed by atoms with Crippen molar-refractivity contribution in [3.05, 3.63) is 35.9 Å². The molecule has 0 saturated heterocycles. The second kappa shape index (κ2) is 3.36. The number of nitrogens with zero attached hydrogens (tertiary/aromatic N) is 2. The molecule has 0 aliphatic heterocycles. The van der Waals surface area contributed by atoms with Crippen molar-refractivity contribution in [1.82, 2.24) is 0 Å². The fraction of sp³-hybridized carbons (Fsp3) is 0.250. The lowest BCUT2D eigenvalue weighted by atomic mass is 10.0. The maximum absolute atomic E-state index is 11.2. The van der Waals surface area contributed by atoms with Crippen molar-refractivity contribution in [2.45, 2.75) is 5.92 Å². The van der Waals surface area contributed by atoms with Crippen LogP contribution in [0, 0.1) is 34.0 Å². The Bertz CT molecular complexity index is 495. The van der Waals surface area contributed by atoms with Crippen molar-refractivity contribution < 1.29 is 4.79 Å². The molecule has 1 aromatic carbocycles. The van der Waals surface area contributed by atoms with Gasteiger partial charge in [0.2, 0.25) is 5.91 Å². The lowest BCUT2D eigenvalue weighted by Crippen LogP contribution is -2.17. The fourth-order valence-corrected chi connectivity index (χ4v) is 2.20. The van der Waals surface area contributed by atoms with Gasteiger partial charge in [0.15, 0.2) is 5.41 Å². The van der Waals surface area contributed by atoms with Crippen LogP contribution in [0.1, 0.15) is 11.5 Å². The molecule has 2 atom stereocenters. The lowest BCUT2D eigenvalue weighted by Gasteiger charge is -1.97. The highest BCUT2D eigenvalue weighted by molar-refractivity contribution is 5.85. The van der Waals surface area contributed by atoms with Crippen LogP contribution in [0.5, 0.6) is 0 Å². The van der Waals surface area contributed by atoms with Gasteiger partial charge in [0.25, 0.3) is 0 Å². The first kappa shape index (κ1) is 10.2. The van der Waals surface area contributed by atoms with Crippen LogP contribution in [0.4, 0.5) is 0 Å². The average Bonchev–Trinajstić information content (AvgIpc) is 3.00. The van der Waals surface area contributed by atoms with Crippen molar-refractivity contribution >= 4 is 5.91 Å². The van der Waals surface area contributed by atoms with E-state index in [1.54, 1.807) is 12.1 Å². The van der Waals surface area contributed by atoms with Crippen LogP contribution in [0.25, 0.3) is 0 Å². The third-order valence-corrected chi connectivity index (χ3v) is 3.04. The smallest absolute Gasteiger partial charge is 0.223 e. The highest BCUT2D eigenvalue weighted by Crippen LogP contribution is 2.63. The van der Waals surface area contributed by atoms with E-state index in [0.29, 0.717) is 0 Å². The Morgan fingerprint density at radius 3 is 2.19 bits per heavy atom. The van der Waals surface area contributed by atoms with Crippen molar-refractivity contribution in [1.29, 1.82) is 10.5 Å². The van der Waals surface area contributed by atoms with Gasteiger partial charge in [-0.2, -0.15) is 10.5 Å². The predicted molar refractivity (Wildman–Crippen MR) is 55.5 cm³/mol.